The van der Waals surface area contributed by atoms with Crippen molar-refractivity contribution in [1.29, 1.82) is 0 Å². The summed E-state index contributed by atoms with van der Waals surface area (Å²) in [5.74, 6) is 0.653. The lowest BCUT2D eigenvalue weighted by Gasteiger charge is -2.06. The van der Waals surface area contributed by atoms with Crippen molar-refractivity contribution < 1.29 is 4.39 Å². The van der Waals surface area contributed by atoms with Crippen LogP contribution < -0.4 is 0 Å². The number of benzene rings is 1. The summed E-state index contributed by atoms with van der Waals surface area (Å²) in [5.41, 5.74) is 3.38. The first-order valence-corrected chi connectivity index (χ1v) is 7.61. The number of aromatic nitrogens is 5. The quantitative estimate of drug-likeness (QED) is 0.694. The molecular weight excluding hydrogens is 289 g/mol. The van der Waals surface area contributed by atoms with Crippen LogP contribution in [0.15, 0.2) is 29.3 Å². The van der Waals surface area contributed by atoms with E-state index >= 15 is 0 Å². The van der Waals surface area contributed by atoms with E-state index in [4.69, 9.17) is 0 Å². The molecule has 0 fully saturated rings. The largest absolute Gasteiger partial charge is 0.237 e. The lowest BCUT2D eigenvalue weighted by Crippen LogP contribution is -2.04. The van der Waals surface area contributed by atoms with Crippen LogP contribution >= 0.6 is 11.8 Å². The van der Waals surface area contributed by atoms with E-state index in [-0.39, 0.29) is 5.82 Å². The van der Waals surface area contributed by atoms with Gasteiger partial charge in [-0.05, 0) is 30.4 Å². The fraction of sp³-hybridized carbons (Fsp3) is 0.286. The van der Waals surface area contributed by atoms with Gasteiger partial charge in [-0.2, -0.15) is 5.10 Å². The molecule has 0 saturated carbocycles. The summed E-state index contributed by atoms with van der Waals surface area (Å²) in [6.07, 6.45) is 0. The molecule has 2 aromatic heterocycles. The smallest absolute Gasteiger partial charge is 0.146 e. The van der Waals surface area contributed by atoms with Crippen LogP contribution in [-0.2, 0) is 6.54 Å². The lowest BCUT2D eigenvalue weighted by molar-refractivity contribution is 0.623. The predicted molar refractivity (Wildman–Crippen MR) is 79.8 cm³/mol. The zero-order valence-corrected chi connectivity index (χ0v) is 12.6. The van der Waals surface area contributed by atoms with Crippen LogP contribution in [0, 0.1) is 12.7 Å². The summed E-state index contributed by atoms with van der Waals surface area (Å²) in [4.78, 5) is 0. The molecule has 7 heteroatoms. The van der Waals surface area contributed by atoms with Crippen molar-refractivity contribution in [3.63, 3.8) is 0 Å². The molecule has 0 aliphatic heterocycles. The number of nitrogens with zero attached hydrogens (tertiary/aromatic N) is 5. The van der Waals surface area contributed by atoms with Crippen LogP contribution in [0.25, 0.3) is 11.0 Å². The van der Waals surface area contributed by atoms with Gasteiger partial charge in [-0.15, -0.1) is 22.0 Å². The Balaban J connectivity index is 2.05. The molecule has 0 unspecified atom stereocenters. The minimum atomic E-state index is -0.244. The molecule has 0 radical (unpaired) electrons. The molecule has 0 amide bonds. The van der Waals surface area contributed by atoms with E-state index in [1.165, 1.54) is 12.1 Å². The van der Waals surface area contributed by atoms with Crippen LogP contribution in [-0.4, -0.2) is 30.9 Å². The van der Waals surface area contributed by atoms with Crippen molar-refractivity contribution in [2.75, 3.05) is 5.75 Å². The SMILES string of the molecule is CCSc1nnc(C)c2nnn(Cc3ccc(F)cc3)c12. The van der Waals surface area contributed by atoms with E-state index in [2.05, 4.69) is 27.4 Å². The summed E-state index contributed by atoms with van der Waals surface area (Å²) in [7, 11) is 0. The maximum absolute atomic E-state index is 13.0. The molecule has 0 aliphatic carbocycles. The summed E-state index contributed by atoms with van der Waals surface area (Å²) in [6.45, 7) is 4.46. The third-order valence-electron chi connectivity index (χ3n) is 3.10. The molecule has 0 aliphatic rings. The first-order valence-electron chi connectivity index (χ1n) is 6.62. The number of hydrogen-bond acceptors (Lipinski definition) is 5. The van der Waals surface area contributed by atoms with E-state index < -0.39 is 0 Å². The average Bonchev–Trinajstić information content (AvgIpc) is 2.90. The minimum Gasteiger partial charge on any atom is -0.237 e. The van der Waals surface area contributed by atoms with Crippen LogP contribution in [0.4, 0.5) is 4.39 Å². The molecule has 108 valence electrons. The standard InChI is InChI=1S/C14H14FN5S/c1-3-21-14-13-12(9(2)16-18-14)17-19-20(13)8-10-4-6-11(15)7-5-10/h4-7H,3,8H2,1-2H3. The molecule has 0 bridgehead atoms. The Kier molecular flexibility index (Phi) is 3.83. The maximum atomic E-state index is 13.0. The van der Waals surface area contributed by atoms with Gasteiger partial charge in [0.2, 0.25) is 0 Å². The Morgan fingerprint density at radius 1 is 1.14 bits per heavy atom. The van der Waals surface area contributed by atoms with E-state index in [9.17, 15) is 4.39 Å². The topological polar surface area (TPSA) is 56.5 Å². The van der Waals surface area contributed by atoms with Crippen molar-refractivity contribution in [3.8, 4) is 0 Å². The number of rotatable bonds is 4. The highest BCUT2D eigenvalue weighted by Gasteiger charge is 2.15. The average molecular weight is 303 g/mol. The van der Waals surface area contributed by atoms with Gasteiger partial charge in [0.25, 0.3) is 0 Å². The second kappa shape index (κ2) is 5.77. The van der Waals surface area contributed by atoms with Crippen LogP contribution in [0.2, 0.25) is 0 Å². The van der Waals surface area contributed by atoms with E-state index in [0.717, 1.165) is 33.1 Å². The Morgan fingerprint density at radius 3 is 2.62 bits per heavy atom. The fourth-order valence-electron chi connectivity index (χ4n) is 2.09. The van der Waals surface area contributed by atoms with Crippen molar-refractivity contribution >= 4 is 22.8 Å². The molecule has 21 heavy (non-hydrogen) atoms. The first-order chi connectivity index (χ1) is 10.2. The first kappa shape index (κ1) is 13.9. The van der Waals surface area contributed by atoms with Gasteiger partial charge >= 0.3 is 0 Å². The molecule has 3 rings (SSSR count). The lowest BCUT2D eigenvalue weighted by atomic mass is 10.2. The molecule has 0 spiro atoms. The molecule has 3 aromatic rings. The van der Waals surface area contributed by atoms with Gasteiger partial charge in [-0.25, -0.2) is 9.07 Å². The van der Waals surface area contributed by atoms with Gasteiger partial charge in [0, 0.05) is 0 Å². The van der Waals surface area contributed by atoms with Crippen molar-refractivity contribution in [2.45, 2.75) is 25.4 Å². The summed E-state index contributed by atoms with van der Waals surface area (Å²) >= 11 is 1.61. The van der Waals surface area contributed by atoms with Crippen LogP contribution in [0.3, 0.4) is 0 Å². The fourth-order valence-corrected chi connectivity index (χ4v) is 2.80. The Bertz CT molecular complexity index is 769. The maximum Gasteiger partial charge on any atom is 0.146 e. The highest BCUT2D eigenvalue weighted by molar-refractivity contribution is 7.99. The molecule has 5 nitrogen and oxygen atoms in total. The van der Waals surface area contributed by atoms with Gasteiger partial charge < -0.3 is 0 Å². The zero-order chi connectivity index (χ0) is 14.8. The number of fused-ring (bicyclic) bond motifs is 1. The van der Waals surface area contributed by atoms with E-state index in [1.807, 2.05) is 6.92 Å². The molecule has 0 N–H and O–H groups in total. The van der Waals surface area contributed by atoms with Gasteiger partial charge in [-0.3, -0.25) is 0 Å². The molecule has 0 saturated heterocycles. The second-order valence-corrected chi connectivity index (χ2v) is 5.85. The van der Waals surface area contributed by atoms with Crippen molar-refractivity contribution in [3.05, 3.63) is 41.3 Å². The van der Waals surface area contributed by atoms with Crippen LogP contribution in [0.5, 0.6) is 0 Å². The summed E-state index contributed by atoms with van der Waals surface area (Å²) in [5, 5.41) is 17.6. The molecular formula is C14H14FN5S. The monoisotopic (exact) mass is 303 g/mol. The van der Waals surface area contributed by atoms with Crippen molar-refractivity contribution in [1.82, 2.24) is 25.2 Å². The normalized spacial score (nSPS) is 11.2. The third kappa shape index (κ3) is 2.73. The van der Waals surface area contributed by atoms with E-state index in [1.54, 1.807) is 28.6 Å². The predicted octanol–water partition coefficient (Wildman–Crippen LogP) is 2.83. The van der Waals surface area contributed by atoms with E-state index in [0.29, 0.717) is 6.54 Å². The Labute approximate surface area is 125 Å². The van der Waals surface area contributed by atoms with Gasteiger partial charge in [0.05, 0.1) is 12.2 Å². The Hall–Kier alpha value is -2.02. The van der Waals surface area contributed by atoms with Crippen LogP contribution in [0.1, 0.15) is 18.2 Å². The minimum absolute atomic E-state index is 0.244. The number of aryl methyl sites for hydroxylation is 1. The van der Waals surface area contributed by atoms with Gasteiger partial charge in [-0.1, -0.05) is 24.3 Å². The third-order valence-corrected chi connectivity index (χ3v) is 3.93. The second-order valence-electron chi connectivity index (χ2n) is 4.59. The highest BCUT2D eigenvalue weighted by atomic mass is 32.2. The Morgan fingerprint density at radius 2 is 1.90 bits per heavy atom. The number of halogens is 1. The molecule has 1 aromatic carbocycles. The zero-order valence-electron chi connectivity index (χ0n) is 11.7. The van der Waals surface area contributed by atoms with Gasteiger partial charge in [0.1, 0.15) is 21.9 Å². The van der Waals surface area contributed by atoms with Crippen molar-refractivity contribution in [2.24, 2.45) is 0 Å². The molecule has 0 atom stereocenters. The number of hydrogen-bond donors (Lipinski definition) is 0. The summed E-state index contributed by atoms with van der Waals surface area (Å²) in [6, 6.07) is 6.39. The highest BCUT2D eigenvalue weighted by Crippen LogP contribution is 2.25. The molecule has 2 heterocycles. The summed E-state index contributed by atoms with van der Waals surface area (Å²) < 4.78 is 14.8. The van der Waals surface area contributed by atoms with Gasteiger partial charge in [0.15, 0.2) is 0 Å². The number of thioether (sulfide) groups is 1.